The summed E-state index contributed by atoms with van der Waals surface area (Å²) >= 11 is 0. The van der Waals surface area contributed by atoms with Crippen molar-refractivity contribution in [2.75, 3.05) is 5.32 Å². The molecule has 0 bridgehead atoms. The number of nitrogens with one attached hydrogen (secondary N) is 1. The number of hydrogen-bond donors (Lipinski definition) is 1. The Balaban J connectivity index is 2.23. The first-order chi connectivity index (χ1) is 13.1. The lowest BCUT2D eigenvalue weighted by atomic mass is 9.89. The molecule has 0 aliphatic rings. The van der Waals surface area contributed by atoms with Gasteiger partial charge in [-0.1, -0.05) is 62.4 Å². The molecule has 4 heteroatoms. The molecule has 0 spiro atoms. The standard InChI is InChI=1S/C24H32N2O2/c1-17(2)20-14-10-11-15-21(20)25-22(27)24(5,6)23(28)26(18(3)4)16-19-12-8-7-9-13-19/h7-15,17-18H,16H2,1-6H3,(H,25,27). The Bertz CT molecular complexity index is 810. The Kier molecular flexibility index (Phi) is 7.00. The summed E-state index contributed by atoms with van der Waals surface area (Å²) in [6.07, 6.45) is 0. The van der Waals surface area contributed by atoms with Gasteiger partial charge in [0.05, 0.1) is 0 Å². The molecule has 0 radical (unpaired) electrons. The summed E-state index contributed by atoms with van der Waals surface area (Å²) < 4.78 is 0. The van der Waals surface area contributed by atoms with Gasteiger partial charge in [-0.2, -0.15) is 0 Å². The predicted molar refractivity (Wildman–Crippen MR) is 115 cm³/mol. The van der Waals surface area contributed by atoms with Gasteiger partial charge in [0, 0.05) is 18.3 Å². The highest BCUT2D eigenvalue weighted by Crippen LogP contribution is 2.28. The summed E-state index contributed by atoms with van der Waals surface area (Å²) in [4.78, 5) is 28.2. The molecular formula is C24H32N2O2. The van der Waals surface area contributed by atoms with Crippen LogP contribution in [0.3, 0.4) is 0 Å². The van der Waals surface area contributed by atoms with Crippen molar-refractivity contribution in [3.05, 3.63) is 65.7 Å². The zero-order valence-corrected chi connectivity index (χ0v) is 17.8. The first-order valence-electron chi connectivity index (χ1n) is 9.90. The number of para-hydroxylation sites is 1. The lowest BCUT2D eigenvalue weighted by Crippen LogP contribution is -2.49. The second-order valence-corrected chi connectivity index (χ2v) is 8.33. The average molecular weight is 381 g/mol. The van der Waals surface area contributed by atoms with E-state index in [1.807, 2.05) is 68.4 Å². The molecule has 0 atom stereocenters. The first kappa shape index (κ1) is 21.7. The van der Waals surface area contributed by atoms with Gasteiger partial charge in [-0.05, 0) is 50.8 Å². The van der Waals surface area contributed by atoms with E-state index in [1.54, 1.807) is 18.7 Å². The normalized spacial score (nSPS) is 11.6. The molecule has 4 nitrogen and oxygen atoms in total. The van der Waals surface area contributed by atoms with Gasteiger partial charge in [0.2, 0.25) is 11.8 Å². The minimum atomic E-state index is -1.18. The molecule has 2 aromatic carbocycles. The maximum absolute atomic E-state index is 13.3. The summed E-state index contributed by atoms with van der Waals surface area (Å²) in [5, 5.41) is 2.98. The fraction of sp³-hybridized carbons (Fsp3) is 0.417. The molecule has 2 amide bonds. The van der Waals surface area contributed by atoms with Gasteiger partial charge in [0.15, 0.2) is 0 Å². The second kappa shape index (κ2) is 9.05. The molecule has 150 valence electrons. The number of nitrogens with zero attached hydrogens (tertiary/aromatic N) is 1. The third-order valence-electron chi connectivity index (χ3n) is 5.01. The van der Waals surface area contributed by atoms with Crippen molar-refractivity contribution in [1.82, 2.24) is 4.90 Å². The molecule has 2 rings (SSSR count). The Morgan fingerprint density at radius 2 is 1.50 bits per heavy atom. The van der Waals surface area contributed by atoms with Crippen LogP contribution in [0.25, 0.3) is 0 Å². The van der Waals surface area contributed by atoms with Crippen molar-refractivity contribution in [1.29, 1.82) is 0 Å². The summed E-state index contributed by atoms with van der Waals surface area (Å²) in [7, 11) is 0. The lowest BCUT2D eigenvalue weighted by Gasteiger charge is -2.34. The van der Waals surface area contributed by atoms with Crippen molar-refractivity contribution >= 4 is 17.5 Å². The minimum absolute atomic E-state index is 0.0114. The van der Waals surface area contributed by atoms with Gasteiger partial charge < -0.3 is 10.2 Å². The Morgan fingerprint density at radius 3 is 2.07 bits per heavy atom. The van der Waals surface area contributed by atoms with E-state index in [0.717, 1.165) is 16.8 Å². The van der Waals surface area contributed by atoms with Crippen LogP contribution in [0.1, 0.15) is 58.6 Å². The fourth-order valence-electron chi connectivity index (χ4n) is 3.12. The zero-order chi connectivity index (χ0) is 20.9. The minimum Gasteiger partial charge on any atom is -0.335 e. The van der Waals surface area contributed by atoms with Crippen LogP contribution in [0, 0.1) is 5.41 Å². The van der Waals surface area contributed by atoms with E-state index in [4.69, 9.17) is 0 Å². The molecule has 0 aliphatic heterocycles. The quantitative estimate of drug-likeness (QED) is 0.670. The lowest BCUT2D eigenvalue weighted by molar-refractivity contribution is -0.148. The number of anilines is 1. The molecule has 0 saturated carbocycles. The number of carbonyl (C=O) groups is 2. The van der Waals surface area contributed by atoms with Gasteiger partial charge >= 0.3 is 0 Å². The van der Waals surface area contributed by atoms with E-state index in [1.165, 1.54) is 0 Å². The molecule has 0 fully saturated rings. The van der Waals surface area contributed by atoms with Gasteiger partial charge in [-0.3, -0.25) is 9.59 Å². The molecule has 28 heavy (non-hydrogen) atoms. The van der Waals surface area contributed by atoms with E-state index >= 15 is 0 Å². The number of rotatable bonds is 7. The van der Waals surface area contributed by atoms with Crippen LogP contribution in [0.4, 0.5) is 5.69 Å². The van der Waals surface area contributed by atoms with Crippen LogP contribution < -0.4 is 5.32 Å². The third-order valence-corrected chi connectivity index (χ3v) is 5.01. The second-order valence-electron chi connectivity index (χ2n) is 8.33. The average Bonchev–Trinajstić information content (AvgIpc) is 2.66. The third kappa shape index (κ3) is 5.00. The summed E-state index contributed by atoms with van der Waals surface area (Å²) in [5.74, 6) is -0.184. The van der Waals surface area contributed by atoms with Crippen LogP contribution >= 0.6 is 0 Å². The van der Waals surface area contributed by atoms with Crippen LogP contribution in [-0.2, 0) is 16.1 Å². The molecule has 1 N–H and O–H groups in total. The monoisotopic (exact) mass is 380 g/mol. The number of hydrogen-bond acceptors (Lipinski definition) is 2. The molecule has 0 unspecified atom stereocenters. The molecule has 0 aliphatic carbocycles. The highest BCUT2D eigenvalue weighted by atomic mass is 16.2. The van der Waals surface area contributed by atoms with E-state index in [0.29, 0.717) is 6.54 Å². The topological polar surface area (TPSA) is 49.4 Å². The van der Waals surface area contributed by atoms with E-state index < -0.39 is 5.41 Å². The highest BCUT2D eigenvalue weighted by molar-refractivity contribution is 6.10. The zero-order valence-electron chi connectivity index (χ0n) is 17.8. The van der Waals surface area contributed by atoms with Crippen molar-refractivity contribution < 1.29 is 9.59 Å². The summed E-state index contributed by atoms with van der Waals surface area (Å²) in [6, 6.07) is 17.6. The Labute approximate surface area is 169 Å². The van der Waals surface area contributed by atoms with Gasteiger partial charge in [-0.15, -0.1) is 0 Å². The van der Waals surface area contributed by atoms with Crippen molar-refractivity contribution in [2.24, 2.45) is 5.41 Å². The van der Waals surface area contributed by atoms with E-state index in [9.17, 15) is 9.59 Å². The highest BCUT2D eigenvalue weighted by Gasteiger charge is 2.40. The van der Waals surface area contributed by atoms with Gasteiger partial charge in [0.1, 0.15) is 5.41 Å². The van der Waals surface area contributed by atoms with Crippen molar-refractivity contribution in [2.45, 2.75) is 60.0 Å². The Hall–Kier alpha value is -2.62. The summed E-state index contributed by atoms with van der Waals surface area (Å²) in [6.45, 7) is 12.0. The van der Waals surface area contributed by atoms with Crippen molar-refractivity contribution in [3.8, 4) is 0 Å². The maximum atomic E-state index is 13.3. The van der Waals surface area contributed by atoms with Crippen LogP contribution in [-0.4, -0.2) is 22.8 Å². The van der Waals surface area contributed by atoms with Crippen LogP contribution in [0.5, 0.6) is 0 Å². The van der Waals surface area contributed by atoms with E-state index in [-0.39, 0.29) is 23.8 Å². The first-order valence-corrected chi connectivity index (χ1v) is 9.90. The predicted octanol–water partition coefficient (Wildman–Crippen LogP) is 5.21. The van der Waals surface area contributed by atoms with Gasteiger partial charge in [-0.25, -0.2) is 0 Å². The maximum Gasteiger partial charge on any atom is 0.239 e. The van der Waals surface area contributed by atoms with Crippen LogP contribution in [0.2, 0.25) is 0 Å². The molecule has 0 saturated heterocycles. The van der Waals surface area contributed by atoms with Gasteiger partial charge in [0.25, 0.3) is 0 Å². The molecular weight excluding hydrogens is 348 g/mol. The largest absolute Gasteiger partial charge is 0.335 e. The SMILES string of the molecule is CC(C)c1ccccc1NC(=O)C(C)(C)C(=O)N(Cc1ccccc1)C(C)C. The number of carbonyl (C=O) groups excluding carboxylic acids is 2. The molecule has 0 heterocycles. The Morgan fingerprint density at radius 1 is 0.929 bits per heavy atom. The van der Waals surface area contributed by atoms with Crippen molar-refractivity contribution in [3.63, 3.8) is 0 Å². The number of benzene rings is 2. The smallest absolute Gasteiger partial charge is 0.239 e. The van der Waals surface area contributed by atoms with Crippen LogP contribution in [0.15, 0.2) is 54.6 Å². The summed E-state index contributed by atoms with van der Waals surface area (Å²) in [5.41, 5.74) is 1.70. The number of amides is 2. The fourth-order valence-corrected chi connectivity index (χ4v) is 3.12. The molecule has 0 aromatic heterocycles. The molecule has 2 aromatic rings. The van der Waals surface area contributed by atoms with E-state index in [2.05, 4.69) is 19.2 Å².